The Kier molecular flexibility index (Phi) is 23.4. The zero-order valence-electron chi connectivity index (χ0n) is 30.6. The van der Waals surface area contributed by atoms with Gasteiger partial charge in [-0.3, -0.25) is 24.4 Å². The number of hydrogen-bond donors (Lipinski definition) is 0. The van der Waals surface area contributed by atoms with E-state index in [1.165, 1.54) is 6.54 Å². The van der Waals surface area contributed by atoms with E-state index in [0.29, 0.717) is 12.3 Å². The average Bonchev–Trinajstić information content (AvgIpc) is 2.95. The number of hydrogen-bond acceptors (Lipinski definition) is 8. The first-order valence-electron chi connectivity index (χ1n) is 17.5. The highest BCUT2D eigenvalue weighted by Gasteiger charge is 2.24. The van der Waals surface area contributed by atoms with Gasteiger partial charge in [0.05, 0.1) is 19.9 Å². The molecule has 0 aromatic heterocycles. The normalized spacial score (nSPS) is 17.9. The van der Waals surface area contributed by atoms with Gasteiger partial charge in [0.15, 0.2) is 5.78 Å². The van der Waals surface area contributed by atoms with Crippen molar-refractivity contribution < 1.29 is 4.79 Å². The summed E-state index contributed by atoms with van der Waals surface area (Å²) in [7, 11) is 0. The van der Waals surface area contributed by atoms with Crippen molar-refractivity contribution >= 4 is 5.78 Å². The number of carbonyl (C=O) groups excluding carboxylic acids is 1. The minimum absolute atomic E-state index is 0.250. The molecule has 42 heavy (non-hydrogen) atoms. The van der Waals surface area contributed by atoms with Gasteiger partial charge < -0.3 is 14.7 Å². The molecule has 0 unspecified atom stereocenters. The van der Waals surface area contributed by atoms with Crippen LogP contribution in [0.1, 0.15) is 83.1 Å². The van der Waals surface area contributed by atoms with Crippen molar-refractivity contribution in [3.63, 3.8) is 0 Å². The van der Waals surface area contributed by atoms with Crippen LogP contribution < -0.4 is 0 Å². The van der Waals surface area contributed by atoms with Gasteiger partial charge in [-0.2, -0.15) is 0 Å². The van der Waals surface area contributed by atoms with Gasteiger partial charge in [0.2, 0.25) is 0 Å². The van der Waals surface area contributed by atoms with Crippen LogP contribution in [0.25, 0.3) is 0 Å². The monoisotopic (exact) mass is 598 g/mol. The second kappa shape index (κ2) is 23.7. The van der Waals surface area contributed by atoms with Gasteiger partial charge in [0.25, 0.3) is 0 Å². The number of rotatable bonds is 15. The fourth-order valence-electron chi connectivity index (χ4n) is 5.22. The van der Waals surface area contributed by atoms with Crippen molar-refractivity contribution in [3.05, 3.63) is 0 Å². The highest BCUT2D eigenvalue weighted by atomic mass is 16.1. The molecule has 8 heteroatoms. The molecule has 0 radical (unpaired) electrons. The largest absolute Gasteiger partial charge is 0.301 e. The van der Waals surface area contributed by atoms with Gasteiger partial charge in [-0.1, -0.05) is 83.1 Å². The Morgan fingerprint density at radius 2 is 0.881 bits per heavy atom. The molecule has 0 aliphatic carbocycles. The first-order chi connectivity index (χ1) is 19.9. The molecular weight excluding hydrogens is 522 g/mol. The Bertz CT molecular complexity index is 612. The maximum absolute atomic E-state index is 12.5. The molecule has 0 N–H and O–H groups in total. The zero-order valence-corrected chi connectivity index (χ0v) is 30.6. The second-order valence-corrected chi connectivity index (χ2v) is 13.4. The van der Waals surface area contributed by atoms with Crippen LogP contribution in [0.5, 0.6) is 0 Å². The van der Waals surface area contributed by atoms with E-state index in [2.05, 4.69) is 96.6 Å². The third kappa shape index (κ3) is 18.9. The predicted molar refractivity (Wildman–Crippen MR) is 184 cm³/mol. The lowest BCUT2D eigenvalue weighted by molar-refractivity contribution is -0.127. The summed E-state index contributed by atoms with van der Waals surface area (Å²) in [5.74, 6) is 1.09. The molecule has 0 aromatic rings. The van der Waals surface area contributed by atoms with E-state index in [-0.39, 0.29) is 5.41 Å². The van der Waals surface area contributed by atoms with Crippen LogP contribution in [0.4, 0.5) is 0 Å². The Balaban J connectivity index is 0.000000865. The first kappa shape index (κ1) is 41.4. The molecule has 0 saturated carbocycles. The molecule has 0 amide bonds. The molecule has 0 atom stereocenters. The van der Waals surface area contributed by atoms with Crippen molar-refractivity contribution in [2.24, 2.45) is 11.3 Å². The van der Waals surface area contributed by atoms with Gasteiger partial charge in [0, 0.05) is 64.3 Å². The summed E-state index contributed by atoms with van der Waals surface area (Å²) < 4.78 is 0. The van der Waals surface area contributed by atoms with Gasteiger partial charge in [-0.15, -0.1) is 0 Å². The summed E-state index contributed by atoms with van der Waals surface area (Å²) in [5, 5.41) is 0. The molecule has 252 valence electrons. The molecular formula is C34H75N7O. The number of ketones is 1. The standard InChI is InChI=1S/C20H42N4O.C14H33N3/c1-7-21-10-12-22(8-2)14-16-24(18-19(25)20(4,5)6)17-15-23(9-3)13-11-21;1-7-15(8-2)12-17(11-14(5)6)13-16(9-3)10-4/h7-18H2,1-6H3;14H,7-13H2,1-6H3. The summed E-state index contributed by atoms with van der Waals surface area (Å²) in [4.78, 5) is 30.1. The molecule has 1 heterocycles. The van der Waals surface area contributed by atoms with Crippen molar-refractivity contribution in [2.45, 2.75) is 83.1 Å². The van der Waals surface area contributed by atoms with Crippen molar-refractivity contribution in [1.29, 1.82) is 0 Å². The van der Waals surface area contributed by atoms with Crippen LogP contribution in [-0.2, 0) is 4.79 Å². The van der Waals surface area contributed by atoms with Gasteiger partial charge in [-0.25, -0.2) is 0 Å². The molecule has 8 nitrogen and oxygen atoms in total. The minimum Gasteiger partial charge on any atom is -0.301 e. The van der Waals surface area contributed by atoms with E-state index >= 15 is 0 Å². The SMILES string of the molecule is CCN(CC)CN(CC(C)C)CN(CC)CC.CCN1CCN(CC)CCN(CC(=O)C(C)(C)C)CCN(CC)CC1. The summed E-state index contributed by atoms with van der Waals surface area (Å²) in [6.45, 7) is 46.9. The van der Waals surface area contributed by atoms with Crippen molar-refractivity contribution in [3.8, 4) is 0 Å². The fourth-order valence-corrected chi connectivity index (χ4v) is 5.22. The Morgan fingerprint density at radius 1 is 0.571 bits per heavy atom. The summed E-state index contributed by atoms with van der Waals surface area (Å²) in [6, 6.07) is 0. The second-order valence-electron chi connectivity index (χ2n) is 13.4. The number of likely N-dealkylation sites (N-methyl/N-ethyl adjacent to an activating group) is 3. The Labute approximate surface area is 263 Å². The van der Waals surface area contributed by atoms with Crippen LogP contribution in [0, 0.1) is 11.3 Å². The summed E-state index contributed by atoms with van der Waals surface area (Å²) in [5.41, 5.74) is -0.250. The Hall–Kier alpha value is -0.610. The van der Waals surface area contributed by atoms with E-state index in [4.69, 9.17) is 0 Å². The summed E-state index contributed by atoms with van der Waals surface area (Å²) >= 11 is 0. The Morgan fingerprint density at radius 3 is 1.12 bits per heavy atom. The van der Waals surface area contributed by atoms with E-state index in [9.17, 15) is 4.79 Å². The highest BCUT2D eigenvalue weighted by molar-refractivity contribution is 5.85. The van der Waals surface area contributed by atoms with Gasteiger partial charge in [0.1, 0.15) is 0 Å². The molecule has 0 bridgehead atoms. The highest BCUT2D eigenvalue weighted by Crippen LogP contribution is 2.15. The van der Waals surface area contributed by atoms with Crippen molar-refractivity contribution in [1.82, 2.24) is 34.3 Å². The van der Waals surface area contributed by atoms with Crippen LogP contribution in [-0.4, -0.2) is 165 Å². The average molecular weight is 598 g/mol. The smallest absolute Gasteiger partial charge is 0.152 e. The van der Waals surface area contributed by atoms with E-state index in [1.54, 1.807) is 0 Å². The zero-order chi connectivity index (χ0) is 32.1. The first-order valence-corrected chi connectivity index (χ1v) is 17.5. The minimum atomic E-state index is -0.250. The third-order valence-electron chi connectivity index (χ3n) is 8.69. The van der Waals surface area contributed by atoms with E-state index < -0.39 is 0 Å². The molecule has 0 aromatic carbocycles. The van der Waals surface area contributed by atoms with Crippen molar-refractivity contribution in [2.75, 3.05) is 125 Å². The molecule has 1 aliphatic rings. The number of carbonyl (C=O) groups is 1. The van der Waals surface area contributed by atoms with Crippen LogP contribution in [0.15, 0.2) is 0 Å². The van der Waals surface area contributed by atoms with Gasteiger partial charge in [-0.05, 0) is 51.7 Å². The predicted octanol–water partition coefficient (Wildman–Crippen LogP) is 4.43. The fraction of sp³-hybridized carbons (Fsp3) is 0.971. The number of Topliss-reactive ketones (excluding diaryl/α,β-unsaturated/α-hetero) is 1. The van der Waals surface area contributed by atoms with Crippen LogP contribution >= 0.6 is 0 Å². The lowest BCUT2D eigenvalue weighted by Gasteiger charge is -2.34. The maximum atomic E-state index is 12.5. The lowest BCUT2D eigenvalue weighted by Crippen LogP contribution is -2.47. The maximum Gasteiger partial charge on any atom is 0.152 e. The molecule has 1 saturated heterocycles. The van der Waals surface area contributed by atoms with Crippen LogP contribution in [0.3, 0.4) is 0 Å². The third-order valence-corrected chi connectivity index (χ3v) is 8.69. The molecule has 0 spiro atoms. The summed E-state index contributed by atoms with van der Waals surface area (Å²) in [6.07, 6.45) is 0. The topological polar surface area (TPSA) is 39.8 Å². The molecule has 1 fully saturated rings. The van der Waals surface area contributed by atoms with Crippen LogP contribution in [0.2, 0.25) is 0 Å². The van der Waals surface area contributed by atoms with E-state index in [1.807, 2.05) is 20.8 Å². The molecule has 1 aliphatic heterocycles. The van der Waals surface area contributed by atoms with Gasteiger partial charge >= 0.3 is 0 Å². The van der Waals surface area contributed by atoms with E-state index in [0.717, 1.165) is 117 Å². The number of nitrogens with zero attached hydrogens (tertiary/aromatic N) is 7. The molecule has 1 rings (SSSR count). The quantitative estimate of drug-likeness (QED) is 0.257. The lowest BCUT2D eigenvalue weighted by atomic mass is 9.90.